The Labute approximate surface area is 214 Å². The van der Waals surface area contributed by atoms with Gasteiger partial charge in [-0.05, 0) is 55.7 Å². The highest BCUT2D eigenvalue weighted by molar-refractivity contribution is 7.89. The number of carbonyl (C=O) groups excluding carboxylic acids is 1. The topological polar surface area (TPSA) is 109 Å². The van der Waals surface area contributed by atoms with Crippen LogP contribution in [0, 0.1) is 5.92 Å². The number of rotatable bonds is 12. The van der Waals surface area contributed by atoms with Gasteiger partial charge in [0.05, 0.1) is 21.8 Å². The maximum Gasteiger partial charge on any atom is 0.257 e. The number of nitrogens with one attached hydrogen (secondary N) is 1. The molecule has 0 aliphatic carbocycles. The Kier molecular flexibility index (Phi) is 9.44. The zero-order valence-corrected chi connectivity index (χ0v) is 21.9. The first kappa shape index (κ1) is 27.2. The Morgan fingerprint density at radius 1 is 1.00 bits per heavy atom. The van der Waals surface area contributed by atoms with E-state index in [1.165, 1.54) is 4.31 Å². The van der Waals surface area contributed by atoms with E-state index in [9.17, 15) is 13.2 Å². The molecule has 8 nitrogen and oxygen atoms in total. The first-order chi connectivity index (χ1) is 17.3. The minimum atomic E-state index is -3.52. The van der Waals surface area contributed by atoms with Crippen LogP contribution in [0.25, 0.3) is 0 Å². The van der Waals surface area contributed by atoms with Crippen molar-refractivity contribution in [2.75, 3.05) is 42.1 Å². The normalized spacial score (nSPS) is 12.3. The van der Waals surface area contributed by atoms with Crippen LogP contribution in [-0.2, 0) is 10.0 Å². The van der Waals surface area contributed by atoms with Crippen LogP contribution in [-0.4, -0.2) is 49.8 Å². The maximum absolute atomic E-state index is 13.0. The molecule has 0 aliphatic rings. The van der Waals surface area contributed by atoms with E-state index in [1.54, 1.807) is 48.7 Å². The number of nitrogens with zero attached hydrogens (tertiary/aromatic N) is 3. The molecule has 192 valence electrons. The fourth-order valence-electron chi connectivity index (χ4n) is 3.90. The van der Waals surface area contributed by atoms with Crippen molar-refractivity contribution in [3.8, 4) is 0 Å². The second-order valence-corrected chi connectivity index (χ2v) is 10.6. The number of hydrogen-bond acceptors (Lipinski definition) is 6. The summed E-state index contributed by atoms with van der Waals surface area (Å²) in [5, 5.41) is 2.81. The molecule has 0 aliphatic heterocycles. The monoisotopic (exact) mass is 509 g/mol. The Bertz CT molecular complexity index is 1230. The summed E-state index contributed by atoms with van der Waals surface area (Å²) in [5.41, 5.74) is 7.41. The van der Waals surface area contributed by atoms with Crippen LogP contribution in [0.5, 0.6) is 0 Å². The molecule has 1 aromatic heterocycles. The molecule has 3 aromatic rings. The highest BCUT2D eigenvalue weighted by Gasteiger charge is 2.24. The van der Waals surface area contributed by atoms with Crippen molar-refractivity contribution in [2.45, 2.75) is 32.1 Å². The quantitative estimate of drug-likeness (QED) is 0.349. The molecule has 0 spiro atoms. The maximum atomic E-state index is 13.0. The van der Waals surface area contributed by atoms with Gasteiger partial charge in [0.25, 0.3) is 5.91 Å². The van der Waals surface area contributed by atoms with E-state index in [4.69, 9.17) is 5.73 Å². The number of benzene rings is 2. The molecule has 36 heavy (non-hydrogen) atoms. The summed E-state index contributed by atoms with van der Waals surface area (Å²) in [6.07, 6.45) is 2.35. The second kappa shape index (κ2) is 12.5. The molecule has 2 aromatic carbocycles. The number of aromatic nitrogens is 1. The molecule has 1 amide bonds. The summed E-state index contributed by atoms with van der Waals surface area (Å²) in [4.78, 5) is 19.5. The molecule has 0 radical (unpaired) electrons. The van der Waals surface area contributed by atoms with Crippen molar-refractivity contribution in [1.29, 1.82) is 0 Å². The van der Waals surface area contributed by atoms with Gasteiger partial charge in [-0.1, -0.05) is 44.2 Å². The van der Waals surface area contributed by atoms with E-state index in [0.717, 1.165) is 25.3 Å². The number of carbonyl (C=O) groups is 1. The molecule has 0 bridgehead atoms. The third-order valence-electron chi connectivity index (χ3n) is 6.07. The number of pyridine rings is 1. The Balaban J connectivity index is 1.58. The van der Waals surface area contributed by atoms with E-state index in [1.807, 2.05) is 38.1 Å². The van der Waals surface area contributed by atoms with Gasteiger partial charge in [-0.2, -0.15) is 4.31 Å². The fourth-order valence-corrected chi connectivity index (χ4v) is 5.49. The van der Waals surface area contributed by atoms with Crippen molar-refractivity contribution in [2.24, 2.45) is 5.92 Å². The van der Waals surface area contributed by atoms with Crippen molar-refractivity contribution in [1.82, 2.24) is 9.29 Å². The average molecular weight is 510 g/mol. The minimum Gasteiger partial charge on any atom is -0.397 e. The first-order valence-electron chi connectivity index (χ1n) is 12.2. The van der Waals surface area contributed by atoms with Gasteiger partial charge >= 0.3 is 0 Å². The largest absolute Gasteiger partial charge is 0.397 e. The molecule has 3 N–H and O–H groups in total. The van der Waals surface area contributed by atoms with Crippen LogP contribution in [0.4, 0.5) is 17.2 Å². The third-order valence-corrected chi connectivity index (χ3v) is 8.02. The van der Waals surface area contributed by atoms with Crippen molar-refractivity contribution < 1.29 is 13.2 Å². The minimum absolute atomic E-state index is 0.152. The smallest absolute Gasteiger partial charge is 0.257 e. The zero-order valence-electron chi connectivity index (χ0n) is 21.1. The molecule has 9 heteroatoms. The van der Waals surface area contributed by atoms with Gasteiger partial charge < -0.3 is 16.0 Å². The standard InChI is InChI=1S/C27H35N5O3S/c1-4-31(18-17-21(3)20-32(5-2)36(34,35)23-11-7-6-8-12-23)26-16-15-22(19-29-26)27(33)30-25-14-10-9-13-24(25)28/h6-16,19,21H,4-5,17-18,20,28H2,1-3H3,(H,30,33). The number of anilines is 3. The average Bonchev–Trinajstić information content (AvgIpc) is 2.89. The molecule has 0 fully saturated rings. The molecule has 3 rings (SSSR count). The van der Waals surface area contributed by atoms with Gasteiger partial charge in [-0.15, -0.1) is 0 Å². The number of nitrogens with two attached hydrogens (primary N) is 1. The fraction of sp³-hybridized carbons (Fsp3) is 0.333. The predicted molar refractivity (Wildman–Crippen MR) is 146 cm³/mol. The number of para-hydroxylation sites is 2. The van der Waals surface area contributed by atoms with Gasteiger partial charge in [0.2, 0.25) is 10.0 Å². The van der Waals surface area contributed by atoms with Crippen LogP contribution in [0.2, 0.25) is 0 Å². The second-order valence-electron chi connectivity index (χ2n) is 8.69. The van der Waals surface area contributed by atoms with E-state index < -0.39 is 10.0 Å². The Morgan fingerprint density at radius 2 is 1.69 bits per heavy atom. The third kappa shape index (κ3) is 6.83. The SMILES string of the molecule is CCN(CCC(C)CN(CC)S(=O)(=O)c1ccccc1)c1ccc(C(=O)Nc2ccccc2N)cn1. The lowest BCUT2D eigenvalue weighted by Gasteiger charge is -2.27. The lowest BCUT2D eigenvalue weighted by molar-refractivity contribution is 0.102. The summed E-state index contributed by atoms with van der Waals surface area (Å²) < 4.78 is 27.5. The van der Waals surface area contributed by atoms with Gasteiger partial charge in [-0.3, -0.25) is 4.79 Å². The summed E-state index contributed by atoms with van der Waals surface area (Å²) >= 11 is 0. The van der Waals surface area contributed by atoms with Crippen LogP contribution in [0.3, 0.4) is 0 Å². The van der Waals surface area contributed by atoms with Crippen LogP contribution in [0.15, 0.2) is 77.8 Å². The molecule has 1 atom stereocenters. The summed E-state index contributed by atoms with van der Waals surface area (Å²) in [6, 6.07) is 19.2. The zero-order chi connectivity index (χ0) is 26.1. The highest BCUT2D eigenvalue weighted by Crippen LogP contribution is 2.20. The highest BCUT2D eigenvalue weighted by atomic mass is 32.2. The summed E-state index contributed by atoms with van der Waals surface area (Å²) in [6.45, 7) is 8.29. The van der Waals surface area contributed by atoms with Crippen molar-refractivity contribution in [3.05, 3.63) is 78.5 Å². The molecule has 1 heterocycles. The molecule has 0 saturated heterocycles. The summed E-state index contributed by atoms with van der Waals surface area (Å²) in [5.74, 6) is 0.645. The number of nitrogen functional groups attached to an aromatic ring is 1. The first-order valence-corrected chi connectivity index (χ1v) is 13.6. The molecule has 0 saturated carbocycles. The lowest BCUT2D eigenvalue weighted by Crippen LogP contribution is -2.36. The predicted octanol–water partition coefficient (Wildman–Crippen LogP) is 4.48. The van der Waals surface area contributed by atoms with E-state index in [-0.39, 0.29) is 11.8 Å². The van der Waals surface area contributed by atoms with Gasteiger partial charge in [-0.25, -0.2) is 13.4 Å². The Hall–Kier alpha value is -3.43. The molecular weight excluding hydrogens is 474 g/mol. The number of amides is 1. The van der Waals surface area contributed by atoms with Crippen molar-refractivity contribution >= 4 is 33.1 Å². The van der Waals surface area contributed by atoms with Crippen LogP contribution >= 0.6 is 0 Å². The van der Waals surface area contributed by atoms with Crippen LogP contribution < -0.4 is 16.0 Å². The number of hydrogen-bond donors (Lipinski definition) is 2. The molecular formula is C27H35N5O3S. The van der Waals surface area contributed by atoms with E-state index in [0.29, 0.717) is 34.9 Å². The van der Waals surface area contributed by atoms with Crippen molar-refractivity contribution in [3.63, 3.8) is 0 Å². The van der Waals surface area contributed by atoms with Gasteiger partial charge in [0, 0.05) is 32.4 Å². The molecule has 1 unspecified atom stereocenters. The lowest BCUT2D eigenvalue weighted by atomic mass is 10.1. The Morgan fingerprint density at radius 3 is 2.31 bits per heavy atom. The van der Waals surface area contributed by atoms with E-state index >= 15 is 0 Å². The van der Waals surface area contributed by atoms with Gasteiger partial charge in [0.15, 0.2) is 0 Å². The number of sulfonamides is 1. The van der Waals surface area contributed by atoms with Gasteiger partial charge in [0.1, 0.15) is 5.82 Å². The van der Waals surface area contributed by atoms with Crippen LogP contribution in [0.1, 0.15) is 37.6 Å². The summed E-state index contributed by atoms with van der Waals surface area (Å²) in [7, 11) is -3.52. The van der Waals surface area contributed by atoms with E-state index in [2.05, 4.69) is 22.1 Å².